The van der Waals surface area contributed by atoms with Gasteiger partial charge in [0.05, 0.1) is 0 Å². The van der Waals surface area contributed by atoms with Gasteiger partial charge in [-0.15, -0.1) is 11.8 Å². The molecular formula is C11H16FNS. The van der Waals surface area contributed by atoms with E-state index in [4.69, 9.17) is 0 Å². The number of halogens is 1. The minimum absolute atomic E-state index is 0.163. The normalized spacial score (nSPS) is 10.9. The molecule has 0 aliphatic heterocycles. The zero-order chi connectivity index (χ0) is 10.6. The van der Waals surface area contributed by atoms with Crippen LogP contribution in [0, 0.1) is 12.7 Å². The van der Waals surface area contributed by atoms with Gasteiger partial charge in [-0.05, 0) is 30.7 Å². The fraction of sp³-hybridized carbons (Fsp3) is 0.455. The third kappa shape index (κ3) is 3.68. The Morgan fingerprint density at radius 3 is 2.71 bits per heavy atom. The van der Waals surface area contributed by atoms with Crippen molar-refractivity contribution in [2.24, 2.45) is 0 Å². The molecule has 14 heavy (non-hydrogen) atoms. The van der Waals surface area contributed by atoms with E-state index in [1.165, 1.54) is 6.07 Å². The van der Waals surface area contributed by atoms with Gasteiger partial charge in [-0.2, -0.15) is 0 Å². The van der Waals surface area contributed by atoms with Crippen LogP contribution in [-0.4, -0.2) is 11.9 Å². The average molecular weight is 213 g/mol. The van der Waals surface area contributed by atoms with Gasteiger partial charge in [-0.25, -0.2) is 4.39 Å². The van der Waals surface area contributed by atoms with Crippen LogP contribution in [0.3, 0.4) is 0 Å². The van der Waals surface area contributed by atoms with Crippen LogP contribution in [-0.2, 0) is 0 Å². The number of nitrogens with one attached hydrogen (secondary N) is 1. The van der Waals surface area contributed by atoms with Gasteiger partial charge in [-0.1, -0.05) is 13.8 Å². The summed E-state index contributed by atoms with van der Waals surface area (Å²) in [7, 11) is 0. The first-order valence-electron chi connectivity index (χ1n) is 4.72. The SMILES string of the molecule is Cc1cc(F)ccc1SCNC(C)C. The van der Waals surface area contributed by atoms with E-state index in [9.17, 15) is 4.39 Å². The second-order valence-corrected chi connectivity index (χ2v) is 4.57. The maximum atomic E-state index is 12.8. The Kier molecular flexibility index (Phi) is 4.42. The Balaban J connectivity index is 2.51. The number of hydrogen-bond acceptors (Lipinski definition) is 2. The van der Waals surface area contributed by atoms with Crippen molar-refractivity contribution in [2.75, 3.05) is 5.88 Å². The zero-order valence-corrected chi connectivity index (χ0v) is 9.62. The van der Waals surface area contributed by atoms with Crippen LogP contribution in [0.5, 0.6) is 0 Å². The Bertz CT molecular complexity index is 299. The van der Waals surface area contributed by atoms with Crippen LogP contribution >= 0.6 is 11.8 Å². The lowest BCUT2D eigenvalue weighted by Gasteiger charge is -2.09. The first kappa shape index (κ1) is 11.5. The first-order valence-corrected chi connectivity index (χ1v) is 5.70. The Labute approximate surface area is 89.1 Å². The summed E-state index contributed by atoms with van der Waals surface area (Å²) >= 11 is 1.71. The highest BCUT2D eigenvalue weighted by molar-refractivity contribution is 7.99. The minimum atomic E-state index is -0.163. The Morgan fingerprint density at radius 1 is 1.43 bits per heavy atom. The quantitative estimate of drug-likeness (QED) is 0.609. The van der Waals surface area contributed by atoms with Gasteiger partial charge in [0.25, 0.3) is 0 Å². The molecule has 0 unspecified atom stereocenters. The van der Waals surface area contributed by atoms with E-state index in [1.54, 1.807) is 17.8 Å². The molecule has 0 amide bonds. The third-order valence-corrected chi connectivity index (χ3v) is 2.94. The van der Waals surface area contributed by atoms with Gasteiger partial charge in [0.15, 0.2) is 0 Å². The molecule has 78 valence electrons. The van der Waals surface area contributed by atoms with Crippen molar-refractivity contribution in [3.8, 4) is 0 Å². The van der Waals surface area contributed by atoms with Crippen molar-refractivity contribution in [1.82, 2.24) is 5.32 Å². The van der Waals surface area contributed by atoms with Crippen molar-refractivity contribution in [1.29, 1.82) is 0 Å². The summed E-state index contributed by atoms with van der Waals surface area (Å²) < 4.78 is 12.8. The third-order valence-electron chi connectivity index (χ3n) is 1.86. The molecule has 0 saturated heterocycles. The van der Waals surface area contributed by atoms with Crippen LogP contribution in [0.15, 0.2) is 23.1 Å². The van der Waals surface area contributed by atoms with Gasteiger partial charge >= 0.3 is 0 Å². The number of hydrogen-bond donors (Lipinski definition) is 1. The highest BCUT2D eigenvalue weighted by Crippen LogP contribution is 2.21. The number of aryl methyl sites for hydroxylation is 1. The van der Waals surface area contributed by atoms with Crippen LogP contribution in [0.4, 0.5) is 4.39 Å². The molecule has 0 atom stereocenters. The Morgan fingerprint density at radius 2 is 2.14 bits per heavy atom. The van der Waals surface area contributed by atoms with E-state index < -0.39 is 0 Å². The van der Waals surface area contributed by atoms with E-state index in [1.807, 2.05) is 13.0 Å². The van der Waals surface area contributed by atoms with Crippen LogP contribution in [0.25, 0.3) is 0 Å². The smallest absolute Gasteiger partial charge is 0.123 e. The lowest BCUT2D eigenvalue weighted by Crippen LogP contribution is -2.21. The highest BCUT2D eigenvalue weighted by atomic mass is 32.2. The molecular weight excluding hydrogens is 197 g/mol. The van der Waals surface area contributed by atoms with Gasteiger partial charge in [0.2, 0.25) is 0 Å². The molecule has 0 saturated carbocycles. The van der Waals surface area contributed by atoms with Crippen molar-refractivity contribution in [3.05, 3.63) is 29.6 Å². The standard InChI is InChI=1S/C11H16FNS/c1-8(2)13-7-14-11-5-4-10(12)6-9(11)3/h4-6,8,13H,7H2,1-3H3. The van der Waals surface area contributed by atoms with Crippen LogP contribution < -0.4 is 5.32 Å². The van der Waals surface area contributed by atoms with Crippen LogP contribution in [0.2, 0.25) is 0 Å². The summed E-state index contributed by atoms with van der Waals surface area (Å²) in [6, 6.07) is 5.39. The molecule has 0 radical (unpaired) electrons. The summed E-state index contributed by atoms with van der Waals surface area (Å²) in [6.07, 6.45) is 0. The fourth-order valence-electron chi connectivity index (χ4n) is 1.06. The number of thioether (sulfide) groups is 1. The minimum Gasteiger partial charge on any atom is -0.305 e. The Hall–Kier alpha value is -0.540. The molecule has 1 N–H and O–H groups in total. The molecule has 1 nitrogen and oxygen atoms in total. The second kappa shape index (κ2) is 5.37. The van der Waals surface area contributed by atoms with E-state index >= 15 is 0 Å². The van der Waals surface area contributed by atoms with E-state index in [2.05, 4.69) is 19.2 Å². The van der Waals surface area contributed by atoms with Gasteiger partial charge in [-0.3, -0.25) is 0 Å². The molecule has 0 spiro atoms. The second-order valence-electron chi connectivity index (χ2n) is 3.56. The van der Waals surface area contributed by atoms with Gasteiger partial charge in [0, 0.05) is 16.8 Å². The maximum Gasteiger partial charge on any atom is 0.123 e. The maximum absolute atomic E-state index is 12.8. The largest absolute Gasteiger partial charge is 0.305 e. The zero-order valence-electron chi connectivity index (χ0n) is 8.80. The van der Waals surface area contributed by atoms with E-state index in [0.717, 1.165) is 16.3 Å². The summed E-state index contributed by atoms with van der Waals surface area (Å²) in [4.78, 5) is 1.14. The molecule has 0 aliphatic carbocycles. The predicted octanol–water partition coefficient (Wildman–Crippen LogP) is 3.18. The number of benzene rings is 1. The van der Waals surface area contributed by atoms with Crippen molar-refractivity contribution in [2.45, 2.75) is 31.7 Å². The fourth-order valence-corrected chi connectivity index (χ4v) is 2.08. The van der Waals surface area contributed by atoms with Gasteiger partial charge in [0.1, 0.15) is 5.82 Å². The summed E-state index contributed by atoms with van der Waals surface area (Å²) in [5.41, 5.74) is 1.00. The monoisotopic (exact) mass is 213 g/mol. The van der Waals surface area contributed by atoms with E-state index in [-0.39, 0.29) is 5.82 Å². The first-order chi connectivity index (χ1) is 6.59. The van der Waals surface area contributed by atoms with Crippen molar-refractivity contribution < 1.29 is 4.39 Å². The van der Waals surface area contributed by atoms with Crippen molar-refractivity contribution in [3.63, 3.8) is 0 Å². The molecule has 0 aromatic heterocycles. The molecule has 0 bridgehead atoms. The lowest BCUT2D eigenvalue weighted by molar-refractivity contribution is 0.625. The molecule has 1 aromatic carbocycles. The lowest BCUT2D eigenvalue weighted by atomic mass is 10.2. The average Bonchev–Trinajstić information content (AvgIpc) is 2.08. The molecule has 1 aromatic rings. The molecule has 1 rings (SSSR count). The molecule has 0 fully saturated rings. The molecule has 3 heteroatoms. The molecule has 0 aliphatic rings. The summed E-state index contributed by atoms with van der Waals surface area (Å²) in [5.74, 6) is 0.702. The highest BCUT2D eigenvalue weighted by Gasteiger charge is 2.00. The summed E-state index contributed by atoms with van der Waals surface area (Å²) in [5, 5.41) is 3.31. The summed E-state index contributed by atoms with van der Waals surface area (Å²) in [6.45, 7) is 6.15. The molecule has 0 heterocycles. The topological polar surface area (TPSA) is 12.0 Å². The van der Waals surface area contributed by atoms with Crippen LogP contribution in [0.1, 0.15) is 19.4 Å². The predicted molar refractivity (Wildman–Crippen MR) is 60.1 cm³/mol. The number of rotatable bonds is 4. The van der Waals surface area contributed by atoms with Crippen molar-refractivity contribution >= 4 is 11.8 Å². The van der Waals surface area contributed by atoms with E-state index in [0.29, 0.717) is 6.04 Å². The van der Waals surface area contributed by atoms with Gasteiger partial charge < -0.3 is 5.32 Å².